The van der Waals surface area contributed by atoms with E-state index in [1.165, 1.54) is 0 Å². The number of aliphatic hydroxyl groups excluding tert-OH is 1. The Morgan fingerprint density at radius 1 is 1.50 bits per heavy atom. The number of aliphatic hydroxyl groups is 1. The zero-order valence-corrected chi connectivity index (χ0v) is 8.32. The molecule has 0 saturated heterocycles. The van der Waals surface area contributed by atoms with E-state index in [0.29, 0.717) is 23.9 Å². The Bertz CT molecular complexity index is 296. The first kappa shape index (κ1) is 10.6. The minimum atomic E-state index is 0.0522. The van der Waals surface area contributed by atoms with Crippen molar-refractivity contribution in [2.45, 2.75) is 19.9 Å². The van der Waals surface area contributed by atoms with Crippen LogP contribution in [0.5, 0.6) is 0 Å². The maximum Gasteiger partial charge on any atom is 0.171 e. The third-order valence-electron chi connectivity index (χ3n) is 1.86. The van der Waals surface area contributed by atoms with Gasteiger partial charge >= 0.3 is 0 Å². The second-order valence-corrected chi connectivity index (χ2v) is 3.02. The molecule has 6 N–H and O–H groups in total. The minimum absolute atomic E-state index is 0.0522. The summed E-state index contributed by atoms with van der Waals surface area (Å²) in [6.45, 7) is 3.30. The van der Waals surface area contributed by atoms with Crippen LogP contribution in [-0.2, 0) is 6.54 Å². The molecule has 0 atom stereocenters. The number of nitrogen functional groups attached to an aromatic ring is 2. The van der Waals surface area contributed by atoms with Crippen LogP contribution in [0.15, 0.2) is 0 Å². The molecule has 6 heteroatoms. The molecule has 0 saturated carbocycles. The molecule has 0 unspecified atom stereocenters. The highest BCUT2D eigenvalue weighted by Crippen LogP contribution is 2.24. The van der Waals surface area contributed by atoms with Crippen molar-refractivity contribution in [1.29, 1.82) is 0 Å². The summed E-state index contributed by atoms with van der Waals surface area (Å²) < 4.78 is 1.72. The lowest BCUT2D eigenvalue weighted by molar-refractivity contribution is 0.310. The van der Waals surface area contributed by atoms with E-state index >= 15 is 0 Å². The molecule has 1 aromatic heterocycles. The summed E-state index contributed by atoms with van der Waals surface area (Å²) >= 11 is 0. The van der Waals surface area contributed by atoms with Crippen LogP contribution in [0.25, 0.3) is 0 Å². The van der Waals surface area contributed by atoms with E-state index in [1.54, 1.807) is 4.68 Å². The standard InChI is InChI=1S/C8H17N5O/c1-2-4-13-8(11-3-5-14)6(9)7(10)12-13/h11,14H,2-5,9H2,1H3,(H2,10,12). The van der Waals surface area contributed by atoms with Gasteiger partial charge in [0.1, 0.15) is 11.5 Å². The second-order valence-electron chi connectivity index (χ2n) is 3.02. The third-order valence-corrected chi connectivity index (χ3v) is 1.86. The quantitative estimate of drug-likeness (QED) is 0.528. The van der Waals surface area contributed by atoms with Crippen molar-refractivity contribution in [3.8, 4) is 0 Å². The molecule has 0 bridgehead atoms. The van der Waals surface area contributed by atoms with E-state index in [9.17, 15) is 0 Å². The monoisotopic (exact) mass is 199 g/mol. The Labute approximate surface area is 82.9 Å². The maximum absolute atomic E-state index is 8.68. The summed E-state index contributed by atoms with van der Waals surface area (Å²) in [5, 5.41) is 15.7. The van der Waals surface area contributed by atoms with Crippen molar-refractivity contribution in [2.24, 2.45) is 0 Å². The van der Waals surface area contributed by atoms with Gasteiger partial charge in [0.15, 0.2) is 5.82 Å². The van der Waals surface area contributed by atoms with Crippen molar-refractivity contribution in [3.05, 3.63) is 0 Å². The molecular formula is C8H17N5O. The zero-order valence-electron chi connectivity index (χ0n) is 8.32. The summed E-state index contributed by atoms with van der Waals surface area (Å²) in [4.78, 5) is 0. The van der Waals surface area contributed by atoms with Gasteiger partial charge in [-0.05, 0) is 6.42 Å². The Kier molecular flexibility index (Phi) is 3.58. The Morgan fingerprint density at radius 2 is 2.21 bits per heavy atom. The van der Waals surface area contributed by atoms with Gasteiger partial charge in [0.25, 0.3) is 0 Å². The van der Waals surface area contributed by atoms with Crippen LogP contribution in [0.4, 0.5) is 17.3 Å². The highest BCUT2D eigenvalue weighted by Gasteiger charge is 2.11. The van der Waals surface area contributed by atoms with Gasteiger partial charge in [-0.1, -0.05) is 6.92 Å². The van der Waals surface area contributed by atoms with Gasteiger partial charge in [-0.2, -0.15) is 5.10 Å². The van der Waals surface area contributed by atoms with Crippen LogP contribution in [0.1, 0.15) is 13.3 Å². The summed E-state index contributed by atoms with van der Waals surface area (Å²) in [7, 11) is 0. The van der Waals surface area contributed by atoms with Gasteiger partial charge in [-0.3, -0.25) is 0 Å². The van der Waals surface area contributed by atoms with Crippen LogP contribution >= 0.6 is 0 Å². The summed E-state index contributed by atoms with van der Waals surface area (Å²) in [6.07, 6.45) is 0.953. The molecule has 0 spiro atoms. The summed E-state index contributed by atoms with van der Waals surface area (Å²) in [5.74, 6) is 1.03. The Morgan fingerprint density at radius 3 is 2.79 bits per heavy atom. The first-order chi connectivity index (χ1) is 6.70. The summed E-state index contributed by atoms with van der Waals surface area (Å²) in [6, 6.07) is 0. The topological polar surface area (TPSA) is 102 Å². The van der Waals surface area contributed by atoms with Gasteiger partial charge in [0.2, 0.25) is 0 Å². The molecule has 6 nitrogen and oxygen atoms in total. The fourth-order valence-corrected chi connectivity index (χ4v) is 1.23. The molecule has 1 rings (SSSR count). The van der Waals surface area contributed by atoms with Crippen molar-refractivity contribution < 1.29 is 5.11 Å². The Balaban J connectivity index is 2.85. The van der Waals surface area contributed by atoms with Gasteiger partial charge in [0.05, 0.1) is 6.61 Å². The van der Waals surface area contributed by atoms with Crippen LogP contribution in [-0.4, -0.2) is 28.0 Å². The maximum atomic E-state index is 8.68. The van der Waals surface area contributed by atoms with E-state index in [0.717, 1.165) is 13.0 Å². The predicted octanol–water partition coefficient (Wildman–Crippen LogP) is -0.138. The minimum Gasteiger partial charge on any atom is -0.395 e. The molecule has 0 aromatic carbocycles. The normalized spacial score (nSPS) is 10.4. The number of aryl methyl sites for hydroxylation is 1. The molecule has 0 aliphatic rings. The molecule has 14 heavy (non-hydrogen) atoms. The molecule has 1 aromatic rings. The predicted molar refractivity (Wildman–Crippen MR) is 56.9 cm³/mol. The number of aromatic nitrogens is 2. The molecule has 1 heterocycles. The number of nitrogens with zero attached hydrogens (tertiary/aromatic N) is 2. The van der Waals surface area contributed by atoms with E-state index < -0.39 is 0 Å². The lowest BCUT2D eigenvalue weighted by Crippen LogP contribution is -2.12. The first-order valence-electron chi connectivity index (χ1n) is 4.67. The fourth-order valence-electron chi connectivity index (χ4n) is 1.23. The number of nitrogens with two attached hydrogens (primary N) is 2. The average Bonchev–Trinajstić information content (AvgIpc) is 2.42. The number of hydrogen-bond acceptors (Lipinski definition) is 5. The van der Waals surface area contributed by atoms with Crippen molar-refractivity contribution in [1.82, 2.24) is 9.78 Å². The lowest BCUT2D eigenvalue weighted by atomic mass is 10.4. The van der Waals surface area contributed by atoms with E-state index in [2.05, 4.69) is 10.4 Å². The van der Waals surface area contributed by atoms with Gasteiger partial charge in [-0.15, -0.1) is 0 Å². The largest absolute Gasteiger partial charge is 0.395 e. The molecule has 80 valence electrons. The SMILES string of the molecule is CCCn1nc(N)c(N)c1NCCO. The third kappa shape index (κ3) is 2.08. The van der Waals surface area contributed by atoms with Gasteiger partial charge in [0, 0.05) is 13.1 Å². The second kappa shape index (κ2) is 4.71. The van der Waals surface area contributed by atoms with Crippen molar-refractivity contribution in [3.63, 3.8) is 0 Å². The smallest absolute Gasteiger partial charge is 0.171 e. The van der Waals surface area contributed by atoms with Crippen LogP contribution in [0.3, 0.4) is 0 Å². The highest BCUT2D eigenvalue weighted by molar-refractivity contribution is 5.73. The molecule has 0 radical (unpaired) electrons. The first-order valence-corrected chi connectivity index (χ1v) is 4.67. The Hall–Kier alpha value is -1.43. The van der Waals surface area contributed by atoms with Crippen LogP contribution in [0.2, 0.25) is 0 Å². The van der Waals surface area contributed by atoms with Gasteiger partial charge in [-0.25, -0.2) is 4.68 Å². The lowest BCUT2D eigenvalue weighted by Gasteiger charge is -2.07. The highest BCUT2D eigenvalue weighted by atomic mass is 16.3. The molecule has 0 amide bonds. The van der Waals surface area contributed by atoms with Crippen molar-refractivity contribution in [2.75, 3.05) is 29.9 Å². The number of rotatable bonds is 5. The molecule has 0 fully saturated rings. The van der Waals surface area contributed by atoms with E-state index in [-0.39, 0.29) is 6.61 Å². The molecular weight excluding hydrogens is 182 g/mol. The fraction of sp³-hybridized carbons (Fsp3) is 0.625. The van der Waals surface area contributed by atoms with Gasteiger partial charge < -0.3 is 21.9 Å². The number of anilines is 3. The number of hydrogen-bond donors (Lipinski definition) is 4. The number of nitrogens with one attached hydrogen (secondary N) is 1. The van der Waals surface area contributed by atoms with Crippen LogP contribution in [0, 0.1) is 0 Å². The zero-order chi connectivity index (χ0) is 10.6. The molecule has 0 aliphatic heterocycles. The summed E-state index contributed by atoms with van der Waals surface area (Å²) in [5.41, 5.74) is 11.8. The van der Waals surface area contributed by atoms with Crippen LogP contribution < -0.4 is 16.8 Å². The van der Waals surface area contributed by atoms with Crippen molar-refractivity contribution >= 4 is 17.3 Å². The van der Waals surface area contributed by atoms with E-state index in [1.807, 2.05) is 6.92 Å². The van der Waals surface area contributed by atoms with E-state index in [4.69, 9.17) is 16.6 Å². The average molecular weight is 199 g/mol. The molecule has 0 aliphatic carbocycles.